The molecule has 0 aliphatic rings. The van der Waals surface area contributed by atoms with Crippen molar-refractivity contribution >= 4 is 11.6 Å². The number of ether oxygens (including phenoxy) is 1. The lowest BCUT2D eigenvalue weighted by molar-refractivity contribution is -0.119. The minimum absolute atomic E-state index is 0.0135. The first-order valence-electron chi connectivity index (χ1n) is 7.23. The second kappa shape index (κ2) is 8.73. The summed E-state index contributed by atoms with van der Waals surface area (Å²) >= 11 is 0. The molecule has 0 unspecified atom stereocenters. The van der Waals surface area contributed by atoms with Crippen LogP contribution in [0.25, 0.3) is 0 Å². The highest BCUT2D eigenvalue weighted by Crippen LogP contribution is 2.25. The number of hydrogen-bond donors (Lipinski definition) is 2. The quantitative estimate of drug-likeness (QED) is 0.786. The van der Waals surface area contributed by atoms with Crippen LogP contribution in [0.1, 0.15) is 5.56 Å². The van der Waals surface area contributed by atoms with Gasteiger partial charge in [0.2, 0.25) is 5.91 Å². The molecule has 2 N–H and O–H groups in total. The molecule has 0 radical (unpaired) electrons. The van der Waals surface area contributed by atoms with Crippen molar-refractivity contribution < 1.29 is 18.3 Å². The molecule has 6 heteroatoms. The maximum atomic E-state index is 12.3. The fourth-order valence-corrected chi connectivity index (χ4v) is 2.04. The van der Waals surface area contributed by atoms with Gasteiger partial charge in [0.05, 0.1) is 12.2 Å². The van der Waals surface area contributed by atoms with E-state index in [2.05, 4.69) is 15.4 Å². The zero-order chi connectivity index (χ0) is 16.5. The molecule has 0 saturated heterocycles. The lowest BCUT2D eigenvalue weighted by Crippen LogP contribution is -2.31. The lowest BCUT2D eigenvalue weighted by atomic mass is 10.1. The summed E-state index contributed by atoms with van der Waals surface area (Å²) in [7, 11) is 0. The fourth-order valence-electron chi connectivity index (χ4n) is 2.04. The minimum Gasteiger partial charge on any atom is -0.433 e. The molecule has 2 aromatic carbocycles. The van der Waals surface area contributed by atoms with Gasteiger partial charge in [0, 0.05) is 6.54 Å². The van der Waals surface area contributed by atoms with Gasteiger partial charge in [0.25, 0.3) is 0 Å². The van der Waals surface area contributed by atoms with Gasteiger partial charge < -0.3 is 15.4 Å². The summed E-state index contributed by atoms with van der Waals surface area (Å²) in [6.45, 7) is -2.41. The van der Waals surface area contributed by atoms with E-state index in [1.54, 1.807) is 18.2 Å². The van der Waals surface area contributed by atoms with Crippen molar-refractivity contribution in [2.45, 2.75) is 13.0 Å². The molecule has 23 heavy (non-hydrogen) atoms. The van der Waals surface area contributed by atoms with E-state index in [1.807, 2.05) is 30.3 Å². The van der Waals surface area contributed by atoms with Crippen LogP contribution in [-0.2, 0) is 11.2 Å². The van der Waals surface area contributed by atoms with Crippen molar-refractivity contribution in [2.75, 3.05) is 18.4 Å². The Morgan fingerprint density at radius 3 is 2.48 bits per heavy atom. The third-order valence-electron chi connectivity index (χ3n) is 3.12. The van der Waals surface area contributed by atoms with Gasteiger partial charge in [-0.2, -0.15) is 8.78 Å². The predicted molar refractivity (Wildman–Crippen MR) is 84.7 cm³/mol. The molecule has 0 heterocycles. The average molecular weight is 320 g/mol. The normalized spacial score (nSPS) is 10.4. The smallest absolute Gasteiger partial charge is 0.387 e. The van der Waals surface area contributed by atoms with E-state index in [9.17, 15) is 13.6 Å². The van der Waals surface area contributed by atoms with Crippen molar-refractivity contribution in [2.24, 2.45) is 0 Å². The number of rotatable bonds is 8. The van der Waals surface area contributed by atoms with Crippen LogP contribution in [0.2, 0.25) is 0 Å². The van der Waals surface area contributed by atoms with Crippen LogP contribution in [0.4, 0.5) is 14.5 Å². The Bertz CT molecular complexity index is 621. The molecule has 0 spiro atoms. The van der Waals surface area contributed by atoms with Crippen LogP contribution >= 0.6 is 0 Å². The molecule has 2 rings (SSSR count). The number of nitrogens with one attached hydrogen (secondary N) is 2. The van der Waals surface area contributed by atoms with Crippen LogP contribution < -0.4 is 15.4 Å². The zero-order valence-electron chi connectivity index (χ0n) is 12.5. The number of anilines is 1. The van der Waals surface area contributed by atoms with E-state index >= 15 is 0 Å². The molecular formula is C17H18F2N2O2. The van der Waals surface area contributed by atoms with E-state index in [-0.39, 0.29) is 18.2 Å². The van der Waals surface area contributed by atoms with E-state index < -0.39 is 6.61 Å². The molecule has 1 amide bonds. The van der Waals surface area contributed by atoms with Gasteiger partial charge in [-0.1, -0.05) is 42.5 Å². The van der Waals surface area contributed by atoms with Crippen molar-refractivity contribution in [3.63, 3.8) is 0 Å². The topological polar surface area (TPSA) is 50.4 Å². The van der Waals surface area contributed by atoms with Gasteiger partial charge in [0.1, 0.15) is 5.75 Å². The number of benzene rings is 2. The number of halogens is 2. The molecule has 0 bridgehead atoms. The molecule has 2 aromatic rings. The molecule has 122 valence electrons. The summed E-state index contributed by atoms with van der Waals surface area (Å²) in [5.41, 5.74) is 1.49. The summed E-state index contributed by atoms with van der Waals surface area (Å²) in [6, 6.07) is 16.1. The molecule has 4 nitrogen and oxygen atoms in total. The van der Waals surface area contributed by atoms with Crippen molar-refractivity contribution in [1.82, 2.24) is 5.32 Å². The van der Waals surface area contributed by atoms with Crippen LogP contribution in [0.3, 0.4) is 0 Å². The first-order valence-corrected chi connectivity index (χ1v) is 7.23. The highest BCUT2D eigenvalue weighted by molar-refractivity contribution is 5.81. The number of alkyl halides is 2. The number of para-hydroxylation sites is 2. The molecule has 0 saturated carbocycles. The Morgan fingerprint density at radius 1 is 1.04 bits per heavy atom. The second-order valence-corrected chi connectivity index (χ2v) is 4.81. The number of carbonyl (C=O) groups excluding carboxylic acids is 1. The van der Waals surface area contributed by atoms with Crippen molar-refractivity contribution in [3.05, 3.63) is 60.2 Å². The highest BCUT2D eigenvalue weighted by Gasteiger charge is 2.09. The highest BCUT2D eigenvalue weighted by atomic mass is 19.3. The third kappa shape index (κ3) is 5.94. The van der Waals surface area contributed by atoms with Crippen molar-refractivity contribution in [1.29, 1.82) is 0 Å². The maximum absolute atomic E-state index is 12.3. The maximum Gasteiger partial charge on any atom is 0.387 e. The van der Waals surface area contributed by atoms with Crippen LogP contribution in [0.15, 0.2) is 54.6 Å². The molecule has 0 aliphatic carbocycles. The summed E-state index contributed by atoms with van der Waals surface area (Å²) in [5, 5.41) is 5.57. The summed E-state index contributed by atoms with van der Waals surface area (Å²) in [6.07, 6.45) is 0.734. The Kier molecular flexibility index (Phi) is 6.35. The van der Waals surface area contributed by atoms with Crippen molar-refractivity contribution in [3.8, 4) is 5.75 Å². The first kappa shape index (κ1) is 16.7. The molecule has 0 atom stereocenters. The fraction of sp³-hybridized carbons (Fsp3) is 0.235. The predicted octanol–water partition coefficient (Wildman–Crippen LogP) is 3.06. The molecule has 0 fully saturated rings. The third-order valence-corrected chi connectivity index (χ3v) is 3.12. The Morgan fingerprint density at radius 2 is 1.74 bits per heavy atom. The SMILES string of the molecule is O=C(CNc1ccccc1OC(F)F)NCCc1ccccc1. The van der Waals surface area contributed by atoms with Gasteiger partial charge in [0.15, 0.2) is 0 Å². The van der Waals surface area contributed by atoms with Crippen LogP contribution in [0.5, 0.6) is 5.75 Å². The molecular weight excluding hydrogens is 302 g/mol. The minimum atomic E-state index is -2.90. The van der Waals surface area contributed by atoms with Gasteiger partial charge in [-0.05, 0) is 24.1 Å². The number of hydrogen-bond acceptors (Lipinski definition) is 3. The van der Waals surface area contributed by atoms with Gasteiger partial charge >= 0.3 is 6.61 Å². The molecule has 0 aliphatic heterocycles. The monoisotopic (exact) mass is 320 g/mol. The lowest BCUT2D eigenvalue weighted by Gasteiger charge is -2.12. The summed E-state index contributed by atoms with van der Waals surface area (Å²) in [4.78, 5) is 11.8. The van der Waals surface area contributed by atoms with E-state index in [0.29, 0.717) is 12.2 Å². The largest absolute Gasteiger partial charge is 0.433 e. The van der Waals surface area contributed by atoms with Crippen LogP contribution in [-0.4, -0.2) is 25.6 Å². The number of amides is 1. The second-order valence-electron chi connectivity index (χ2n) is 4.81. The van der Waals surface area contributed by atoms with Crippen LogP contribution in [0, 0.1) is 0 Å². The zero-order valence-corrected chi connectivity index (χ0v) is 12.5. The van der Waals surface area contributed by atoms with Gasteiger partial charge in [-0.3, -0.25) is 4.79 Å². The van der Waals surface area contributed by atoms with E-state index in [4.69, 9.17) is 0 Å². The van der Waals surface area contributed by atoms with E-state index in [1.165, 1.54) is 6.07 Å². The average Bonchev–Trinajstić information content (AvgIpc) is 2.54. The number of carbonyl (C=O) groups is 1. The summed E-state index contributed by atoms with van der Waals surface area (Å²) < 4.78 is 29.0. The molecule has 0 aromatic heterocycles. The Hall–Kier alpha value is -2.63. The van der Waals surface area contributed by atoms with Gasteiger partial charge in [-0.15, -0.1) is 0 Å². The van der Waals surface area contributed by atoms with E-state index in [0.717, 1.165) is 12.0 Å². The standard InChI is InChI=1S/C17H18F2N2O2/c18-17(19)23-15-9-5-4-8-14(15)21-12-16(22)20-11-10-13-6-2-1-3-7-13/h1-9,17,21H,10-12H2,(H,20,22). The Balaban J connectivity index is 1.76. The van der Waals surface area contributed by atoms with Gasteiger partial charge in [-0.25, -0.2) is 0 Å². The first-order chi connectivity index (χ1) is 11.1. The summed E-state index contributed by atoms with van der Waals surface area (Å²) in [5.74, 6) is -0.202. The Labute approximate surface area is 133 Å².